The van der Waals surface area contributed by atoms with Crippen LogP contribution >= 0.6 is 0 Å². The van der Waals surface area contributed by atoms with Crippen LogP contribution in [0, 0.1) is 0 Å². The van der Waals surface area contributed by atoms with Gasteiger partial charge < -0.3 is 22.9 Å². The predicted molar refractivity (Wildman–Crippen MR) is 245 cm³/mol. The van der Waals surface area contributed by atoms with E-state index in [9.17, 15) is 0 Å². The topological polar surface area (TPSA) is 41.5 Å². The number of nitrogens with zero attached hydrogens (tertiary/aromatic N) is 2. The van der Waals surface area contributed by atoms with Crippen molar-refractivity contribution in [2.45, 2.75) is 0 Å². The molecule has 2 aliphatic rings. The van der Waals surface area contributed by atoms with E-state index in [0.29, 0.717) is 0 Å². The number of ether oxygens (including phenoxy) is 1. The van der Waals surface area contributed by atoms with Gasteiger partial charge in [0.2, 0.25) is 0 Å². The number of hydrogen-bond acceptors (Lipinski definition) is 3. The van der Waals surface area contributed by atoms with Gasteiger partial charge in [0, 0.05) is 55.2 Å². The van der Waals surface area contributed by atoms with Crippen LogP contribution in [-0.2, 0) is 0 Å². The summed E-state index contributed by atoms with van der Waals surface area (Å²) in [5, 5.41) is 7.00. The van der Waals surface area contributed by atoms with E-state index >= 15 is 0 Å². The van der Waals surface area contributed by atoms with Gasteiger partial charge in [-0.15, -0.1) is 0 Å². The molecule has 12 aromatic rings. The molecule has 0 fully saturated rings. The van der Waals surface area contributed by atoms with Gasteiger partial charge in [0.1, 0.15) is 28.4 Å². The molecular formula is C54H31BN2O3. The van der Waals surface area contributed by atoms with Crippen LogP contribution in [0.15, 0.2) is 192 Å². The first-order chi connectivity index (χ1) is 29.7. The molecule has 3 aromatic heterocycles. The van der Waals surface area contributed by atoms with Crippen LogP contribution in [0.2, 0.25) is 0 Å². The first-order valence-electron chi connectivity index (χ1n) is 20.4. The molecule has 0 atom stereocenters. The fourth-order valence-corrected chi connectivity index (χ4v) is 10.2. The lowest BCUT2D eigenvalue weighted by Crippen LogP contribution is -2.53. The van der Waals surface area contributed by atoms with E-state index in [0.717, 1.165) is 106 Å². The molecule has 0 saturated heterocycles. The molecule has 9 aromatic carbocycles. The SMILES string of the molecule is c1ccc2c(c1)OB1c3ccc(-c4ccc(-n5c6ccccc6c6ccccc65)cc4)cc3Oc3cc(-n4c5ccccc5c5c6oc7ccccc7c6ccc54)cc-2c31. The Kier molecular flexibility index (Phi) is 6.31. The Morgan fingerprint density at radius 2 is 1.05 bits per heavy atom. The third-order valence-corrected chi connectivity index (χ3v) is 12.8. The van der Waals surface area contributed by atoms with Gasteiger partial charge in [-0.05, 0) is 83.4 Å². The summed E-state index contributed by atoms with van der Waals surface area (Å²) in [7, 11) is 0. The van der Waals surface area contributed by atoms with Gasteiger partial charge in [0.15, 0.2) is 0 Å². The Balaban J connectivity index is 0.923. The van der Waals surface area contributed by atoms with Crippen LogP contribution in [0.5, 0.6) is 17.2 Å². The van der Waals surface area contributed by atoms with E-state index in [2.05, 4.69) is 179 Å². The molecular weight excluding hydrogens is 735 g/mol. The summed E-state index contributed by atoms with van der Waals surface area (Å²) in [5.74, 6) is 2.45. The lowest BCUT2D eigenvalue weighted by Gasteiger charge is -2.33. The van der Waals surface area contributed by atoms with Crippen LogP contribution < -0.4 is 20.3 Å². The van der Waals surface area contributed by atoms with Crippen LogP contribution in [0.3, 0.4) is 0 Å². The fourth-order valence-electron chi connectivity index (χ4n) is 10.2. The molecule has 0 saturated carbocycles. The molecule has 0 radical (unpaired) electrons. The summed E-state index contributed by atoms with van der Waals surface area (Å²) in [6.45, 7) is -0.317. The summed E-state index contributed by atoms with van der Waals surface area (Å²) < 4.78 is 25.2. The van der Waals surface area contributed by atoms with Crippen molar-refractivity contribution >= 4 is 83.4 Å². The highest BCUT2D eigenvalue weighted by Gasteiger charge is 2.41. The number of fused-ring (bicyclic) bond motifs is 14. The third kappa shape index (κ3) is 4.31. The van der Waals surface area contributed by atoms with Gasteiger partial charge in [-0.25, -0.2) is 0 Å². The molecule has 14 rings (SSSR count). The summed E-state index contributed by atoms with van der Waals surface area (Å²) in [4.78, 5) is 0. The highest BCUT2D eigenvalue weighted by Crippen LogP contribution is 2.45. The minimum atomic E-state index is -0.317. The lowest BCUT2D eigenvalue weighted by atomic mass is 9.50. The average molecular weight is 767 g/mol. The van der Waals surface area contributed by atoms with Crippen LogP contribution in [-0.4, -0.2) is 16.0 Å². The van der Waals surface area contributed by atoms with Crippen LogP contribution in [0.25, 0.3) is 99.2 Å². The maximum absolute atomic E-state index is 7.04. The monoisotopic (exact) mass is 766 g/mol. The lowest BCUT2D eigenvalue weighted by molar-refractivity contribution is 0.479. The minimum absolute atomic E-state index is 0.317. The van der Waals surface area contributed by atoms with Gasteiger partial charge in [-0.2, -0.15) is 0 Å². The van der Waals surface area contributed by atoms with Crippen molar-refractivity contribution in [3.8, 4) is 50.9 Å². The third-order valence-electron chi connectivity index (χ3n) is 12.8. The van der Waals surface area contributed by atoms with Crippen molar-refractivity contribution in [2.24, 2.45) is 0 Å². The second-order valence-corrected chi connectivity index (χ2v) is 16.0. The quantitative estimate of drug-likeness (QED) is 0.168. The molecule has 5 nitrogen and oxygen atoms in total. The molecule has 0 aliphatic carbocycles. The largest absolute Gasteiger partial charge is 0.551 e. The molecule has 0 spiro atoms. The summed E-state index contributed by atoms with van der Waals surface area (Å²) in [5.41, 5.74) is 14.9. The van der Waals surface area contributed by atoms with Gasteiger partial charge in [-0.3, -0.25) is 0 Å². The molecule has 0 unspecified atom stereocenters. The molecule has 60 heavy (non-hydrogen) atoms. The van der Waals surface area contributed by atoms with E-state index < -0.39 is 0 Å². The minimum Gasteiger partial charge on any atom is -0.551 e. The second-order valence-electron chi connectivity index (χ2n) is 16.0. The summed E-state index contributed by atoms with van der Waals surface area (Å²) in [6, 6.07) is 66.8. The maximum Gasteiger partial charge on any atom is 0.434 e. The first kappa shape index (κ1) is 32.1. The van der Waals surface area contributed by atoms with Gasteiger partial charge in [-0.1, -0.05) is 115 Å². The predicted octanol–water partition coefficient (Wildman–Crippen LogP) is 12.7. The molecule has 2 aliphatic heterocycles. The number of aromatic nitrogens is 2. The number of furan rings is 1. The van der Waals surface area contributed by atoms with Crippen molar-refractivity contribution < 1.29 is 13.8 Å². The molecule has 0 bridgehead atoms. The second kappa shape index (κ2) is 11.8. The van der Waals surface area contributed by atoms with E-state index in [1.54, 1.807) is 0 Å². The molecule has 6 heteroatoms. The Morgan fingerprint density at radius 1 is 0.400 bits per heavy atom. The fraction of sp³-hybridized carbons (Fsp3) is 0. The van der Waals surface area contributed by atoms with Crippen molar-refractivity contribution in [2.75, 3.05) is 0 Å². The maximum atomic E-state index is 7.04. The number of benzene rings is 9. The van der Waals surface area contributed by atoms with Crippen molar-refractivity contribution in [1.29, 1.82) is 0 Å². The molecule has 0 N–H and O–H groups in total. The van der Waals surface area contributed by atoms with Gasteiger partial charge >= 0.3 is 6.92 Å². The highest BCUT2D eigenvalue weighted by atomic mass is 16.5. The zero-order chi connectivity index (χ0) is 39.1. The van der Waals surface area contributed by atoms with E-state index in [-0.39, 0.29) is 6.92 Å². The number of rotatable bonds is 3. The standard InChI is InChI=1S/C54H31BN2O3/c1-6-16-44-36(11-1)37-12-2-7-17-45(37)56(44)34-24-21-32(22-25-34)33-23-27-43-50(29-33)58-51-31-35(30-42-39-14-5-10-20-49(39)60-55(43)53(42)51)57-46-18-8-3-15-41(46)52-47(57)28-26-40-38-13-4-9-19-48(38)59-54(40)52/h1-31H. The Morgan fingerprint density at radius 3 is 1.85 bits per heavy atom. The van der Waals surface area contributed by atoms with Crippen LogP contribution in [0.4, 0.5) is 0 Å². The van der Waals surface area contributed by atoms with E-state index in [4.69, 9.17) is 13.8 Å². The smallest absolute Gasteiger partial charge is 0.434 e. The summed E-state index contributed by atoms with van der Waals surface area (Å²) >= 11 is 0. The van der Waals surface area contributed by atoms with E-state index in [1.807, 2.05) is 18.2 Å². The first-order valence-corrected chi connectivity index (χ1v) is 20.4. The average Bonchev–Trinajstić information content (AvgIpc) is 3.97. The van der Waals surface area contributed by atoms with Gasteiger partial charge in [0.25, 0.3) is 0 Å². The van der Waals surface area contributed by atoms with E-state index in [1.165, 1.54) is 21.8 Å². The number of para-hydroxylation sites is 5. The molecule has 5 heterocycles. The highest BCUT2D eigenvalue weighted by molar-refractivity contribution is 6.84. The zero-order valence-corrected chi connectivity index (χ0v) is 32.1. The Labute approximate surface area is 344 Å². The zero-order valence-electron chi connectivity index (χ0n) is 32.1. The van der Waals surface area contributed by atoms with Crippen molar-refractivity contribution in [3.05, 3.63) is 188 Å². The van der Waals surface area contributed by atoms with Gasteiger partial charge in [0.05, 0.1) is 33.1 Å². The number of hydrogen-bond donors (Lipinski definition) is 0. The normalized spacial score (nSPS) is 12.9. The Bertz CT molecular complexity index is 3740. The van der Waals surface area contributed by atoms with Crippen LogP contribution in [0.1, 0.15) is 0 Å². The molecule has 278 valence electrons. The molecule has 0 amide bonds. The summed E-state index contributed by atoms with van der Waals surface area (Å²) in [6.07, 6.45) is 0. The van der Waals surface area contributed by atoms with Crippen molar-refractivity contribution in [1.82, 2.24) is 9.13 Å². The Hall–Kier alpha value is -7.96. The van der Waals surface area contributed by atoms with Crippen molar-refractivity contribution in [3.63, 3.8) is 0 Å².